The number of pyridine rings is 1. The van der Waals surface area contributed by atoms with Gasteiger partial charge in [-0.25, -0.2) is 0 Å². The van der Waals surface area contributed by atoms with Crippen LogP contribution in [0.4, 0.5) is 5.69 Å². The van der Waals surface area contributed by atoms with Crippen LogP contribution in [-0.2, 0) is 6.54 Å². The summed E-state index contributed by atoms with van der Waals surface area (Å²) in [7, 11) is 0. The third kappa shape index (κ3) is 3.18. The molecule has 82 valence electrons. The van der Waals surface area contributed by atoms with Gasteiger partial charge in [0.15, 0.2) is 0 Å². The van der Waals surface area contributed by atoms with Crippen LogP contribution in [0, 0.1) is 3.57 Å². The molecule has 0 fully saturated rings. The molecular weight excluding hydrogens is 379 g/mol. The monoisotopic (exact) mass is 388 g/mol. The molecule has 0 spiro atoms. The molecule has 0 aliphatic heterocycles. The Labute approximate surface area is 117 Å². The Morgan fingerprint density at radius 2 is 2.00 bits per heavy atom. The second-order valence-corrected chi connectivity index (χ2v) is 5.38. The molecular formula is C12H10BrIN2. The average Bonchev–Trinajstić information content (AvgIpc) is 2.30. The lowest BCUT2D eigenvalue weighted by Crippen LogP contribution is -2.02. The topological polar surface area (TPSA) is 24.9 Å². The van der Waals surface area contributed by atoms with Crippen molar-refractivity contribution in [2.24, 2.45) is 0 Å². The van der Waals surface area contributed by atoms with Crippen LogP contribution in [0.1, 0.15) is 5.69 Å². The maximum atomic E-state index is 4.31. The van der Waals surface area contributed by atoms with E-state index in [4.69, 9.17) is 0 Å². The highest BCUT2D eigenvalue weighted by Crippen LogP contribution is 2.17. The van der Waals surface area contributed by atoms with Gasteiger partial charge in [-0.05, 0) is 62.8 Å². The van der Waals surface area contributed by atoms with Gasteiger partial charge in [0.1, 0.15) is 0 Å². The predicted molar refractivity (Wildman–Crippen MR) is 78.4 cm³/mol. The number of hydrogen-bond donors (Lipinski definition) is 1. The number of nitrogens with one attached hydrogen (secondary N) is 1. The van der Waals surface area contributed by atoms with Crippen molar-refractivity contribution in [3.8, 4) is 0 Å². The first kappa shape index (κ1) is 11.9. The van der Waals surface area contributed by atoms with Crippen molar-refractivity contribution >= 4 is 44.2 Å². The largest absolute Gasteiger partial charge is 0.379 e. The number of para-hydroxylation sites is 1. The highest BCUT2D eigenvalue weighted by molar-refractivity contribution is 14.1. The summed E-state index contributed by atoms with van der Waals surface area (Å²) in [6, 6.07) is 12.2. The molecule has 0 bridgehead atoms. The molecule has 1 aromatic heterocycles. The van der Waals surface area contributed by atoms with Crippen LogP contribution in [0.25, 0.3) is 0 Å². The minimum atomic E-state index is 0.743. The lowest BCUT2D eigenvalue weighted by Gasteiger charge is -2.07. The SMILES string of the molecule is Brc1ccc(CNc2ccccc2I)nc1. The van der Waals surface area contributed by atoms with Crippen molar-refractivity contribution in [1.82, 2.24) is 4.98 Å². The molecule has 2 aromatic rings. The summed E-state index contributed by atoms with van der Waals surface area (Å²) in [6.45, 7) is 0.743. The summed E-state index contributed by atoms with van der Waals surface area (Å²) in [5, 5.41) is 3.36. The number of anilines is 1. The smallest absolute Gasteiger partial charge is 0.0595 e. The van der Waals surface area contributed by atoms with Crippen LogP contribution in [0.5, 0.6) is 0 Å². The van der Waals surface area contributed by atoms with Crippen molar-refractivity contribution < 1.29 is 0 Å². The van der Waals surface area contributed by atoms with Gasteiger partial charge in [0, 0.05) is 19.9 Å². The van der Waals surface area contributed by atoms with Crippen molar-refractivity contribution in [1.29, 1.82) is 0 Å². The zero-order valence-corrected chi connectivity index (χ0v) is 12.2. The molecule has 1 aromatic carbocycles. The van der Waals surface area contributed by atoms with E-state index in [-0.39, 0.29) is 0 Å². The molecule has 1 heterocycles. The lowest BCUT2D eigenvalue weighted by molar-refractivity contribution is 1.04. The van der Waals surface area contributed by atoms with Gasteiger partial charge >= 0.3 is 0 Å². The molecule has 0 aliphatic rings. The molecule has 0 radical (unpaired) electrons. The van der Waals surface area contributed by atoms with Gasteiger partial charge in [-0.15, -0.1) is 0 Å². The number of benzene rings is 1. The fraction of sp³-hybridized carbons (Fsp3) is 0.0833. The fourth-order valence-corrected chi connectivity index (χ4v) is 2.11. The Kier molecular flexibility index (Phi) is 4.17. The quantitative estimate of drug-likeness (QED) is 0.802. The van der Waals surface area contributed by atoms with Crippen LogP contribution in [0.3, 0.4) is 0 Å². The predicted octanol–water partition coefficient (Wildman–Crippen LogP) is 4.06. The van der Waals surface area contributed by atoms with Crippen LogP contribution in [0.15, 0.2) is 47.1 Å². The molecule has 0 saturated heterocycles. The molecule has 1 N–H and O–H groups in total. The van der Waals surface area contributed by atoms with E-state index in [0.717, 1.165) is 22.4 Å². The summed E-state index contributed by atoms with van der Waals surface area (Å²) in [6.07, 6.45) is 1.81. The van der Waals surface area contributed by atoms with Gasteiger partial charge in [0.2, 0.25) is 0 Å². The Morgan fingerprint density at radius 1 is 1.19 bits per heavy atom. The zero-order valence-electron chi connectivity index (χ0n) is 8.45. The Morgan fingerprint density at radius 3 is 2.69 bits per heavy atom. The molecule has 0 saturated carbocycles. The normalized spacial score (nSPS) is 10.1. The molecule has 16 heavy (non-hydrogen) atoms. The minimum Gasteiger partial charge on any atom is -0.379 e. The van der Waals surface area contributed by atoms with E-state index in [9.17, 15) is 0 Å². The van der Waals surface area contributed by atoms with E-state index in [1.807, 2.05) is 30.5 Å². The zero-order chi connectivity index (χ0) is 11.4. The average molecular weight is 389 g/mol. The third-order valence-corrected chi connectivity index (χ3v) is 3.53. The summed E-state index contributed by atoms with van der Waals surface area (Å²) in [5.74, 6) is 0. The van der Waals surface area contributed by atoms with Crippen LogP contribution in [-0.4, -0.2) is 4.98 Å². The maximum absolute atomic E-state index is 4.31. The summed E-state index contributed by atoms with van der Waals surface area (Å²) < 4.78 is 2.22. The van der Waals surface area contributed by atoms with Crippen molar-refractivity contribution in [3.05, 3.63) is 56.3 Å². The summed E-state index contributed by atoms with van der Waals surface area (Å²) in [5.41, 5.74) is 2.18. The number of nitrogens with zero attached hydrogens (tertiary/aromatic N) is 1. The molecule has 2 rings (SSSR count). The highest BCUT2D eigenvalue weighted by Gasteiger charge is 1.98. The number of halogens is 2. The van der Waals surface area contributed by atoms with Crippen molar-refractivity contribution in [3.63, 3.8) is 0 Å². The third-order valence-electron chi connectivity index (χ3n) is 2.12. The molecule has 0 atom stereocenters. The van der Waals surface area contributed by atoms with Crippen LogP contribution < -0.4 is 5.32 Å². The first-order chi connectivity index (χ1) is 7.75. The summed E-state index contributed by atoms with van der Waals surface area (Å²) >= 11 is 5.69. The van der Waals surface area contributed by atoms with E-state index in [1.165, 1.54) is 3.57 Å². The van der Waals surface area contributed by atoms with E-state index < -0.39 is 0 Å². The molecule has 0 aliphatic carbocycles. The molecule has 0 unspecified atom stereocenters. The standard InChI is InChI=1S/C12H10BrIN2/c13-9-5-6-10(15-7-9)8-16-12-4-2-1-3-11(12)14/h1-7,16H,8H2. The number of rotatable bonds is 3. The van der Waals surface area contributed by atoms with Gasteiger partial charge in [-0.3, -0.25) is 4.98 Å². The minimum absolute atomic E-state index is 0.743. The first-order valence-corrected chi connectivity index (χ1v) is 6.72. The second kappa shape index (κ2) is 5.63. The van der Waals surface area contributed by atoms with E-state index in [1.54, 1.807) is 0 Å². The summed E-state index contributed by atoms with van der Waals surface area (Å²) in [4.78, 5) is 4.31. The Balaban J connectivity index is 2.02. The number of hydrogen-bond acceptors (Lipinski definition) is 2. The van der Waals surface area contributed by atoms with Crippen molar-refractivity contribution in [2.45, 2.75) is 6.54 Å². The maximum Gasteiger partial charge on any atom is 0.0595 e. The van der Waals surface area contributed by atoms with E-state index in [0.29, 0.717) is 0 Å². The lowest BCUT2D eigenvalue weighted by atomic mass is 10.3. The molecule has 2 nitrogen and oxygen atoms in total. The molecule has 4 heteroatoms. The second-order valence-electron chi connectivity index (χ2n) is 3.30. The van der Waals surface area contributed by atoms with E-state index in [2.05, 4.69) is 61.0 Å². The molecule has 0 amide bonds. The van der Waals surface area contributed by atoms with Gasteiger partial charge in [-0.2, -0.15) is 0 Å². The van der Waals surface area contributed by atoms with Gasteiger partial charge < -0.3 is 5.32 Å². The van der Waals surface area contributed by atoms with Crippen LogP contribution >= 0.6 is 38.5 Å². The first-order valence-electron chi connectivity index (χ1n) is 4.84. The highest BCUT2D eigenvalue weighted by atomic mass is 127. The van der Waals surface area contributed by atoms with E-state index >= 15 is 0 Å². The fourth-order valence-electron chi connectivity index (χ4n) is 1.30. The van der Waals surface area contributed by atoms with Crippen LogP contribution in [0.2, 0.25) is 0 Å². The number of aromatic nitrogens is 1. The van der Waals surface area contributed by atoms with Gasteiger partial charge in [-0.1, -0.05) is 12.1 Å². The Bertz CT molecular complexity index is 471. The van der Waals surface area contributed by atoms with Gasteiger partial charge in [0.25, 0.3) is 0 Å². The van der Waals surface area contributed by atoms with Crippen molar-refractivity contribution in [2.75, 3.05) is 5.32 Å². The van der Waals surface area contributed by atoms with Gasteiger partial charge in [0.05, 0.1) is 12.2 Å². The Hall–Kier alpha value is -0.620.